The molecule has 4 rings (SSSR count). The number of hydrogen-bond donors (Lipinski definition) is 2. The number of halogens is 3. The first-order valence-corrected chi connectivity index (χ1v) is 12.4. The smallest absolute Gasteiger partial charge is 0.266 e. The molecule has 0 radical (unpaired) electrons. The molecular weight excluding hydrogens is 458 g/mol. The number of sulfonamides is 1. The number of nitrogens with one attached hydrogen (secondary N) is 2. The standard InChI is InChI=1S/C18H21Cl2FN4O2S2/c1-11-7-18(3-2-4-25(18)9-11)10-23-14-6-13(21)15(5-12(14)19)29(26,27)24-17-22-8-16(20)28-17/h5-6,8,11,23H,2-4,7,9-10H2,1H3,(H,22,24)/t11-,18+/m0/s1. The zero-order valence-electron chi connectivity index (χ0n) is 15.7. The van der Waals surface area contributed by atoms with Gasteiger partial charge < -0.3 is 5.32 Å². The highest BCUT2D eigenvalue weighted by molar-refractivity contribution is 7.93. The molecule has 2 aromatic rings. The van der Waals surface area contributed by atoms with E-state index in [4.69, 9.17) is 23.2 Å². The highest BCUT2D eigenvalue weighted by Gasteiger charge is 2.46. The van der Waals surface area contributed by atoms with Gasteiger partial charge in [-0.1, -0.05) is 41.5 Å². The number of thiazole rings is 1. The lowest BCUT2D eigenvalue weighted by molar-refractivity contribution is 0.209. The average Bonchev–Trinajstić information content (AvgIpc) is 3.28. The normalized spacial score (nSPS) is 24.6. The molecule has 1 aromatic carbocycles. The van der Waals surface area contributed by atoms with E-state index in [0.717, 1.165) is 55.8 Å². The summed E-state index contributed by atoms with van der Waals surface area (Å²) in [6.07, 6.45) is 4.65. The van der Waals surface area contributed by atoms with Crippen LogP contribution in [0.25, 0.3) is 0 Å². The van der Waals surface area contributed by atoms with Gasteiger partial charge in [-0.15, -0.1) is 0 Å². The lowest BCUT2D eigenvalue weighted by Crippen LogP contribution is -2.44. The molecule has 0 spiro atoms. The monoisotopic (exact) mass is 478 g/mol. The zero-order valence-corrected chi connectivity index (χ0v) is 18.9. The maximum absolute atomic E-state index is 14.7. The van der Waals surface area contributed by atoms with Crippen molar-refractivity contribution >= 4 is 55.4 Å². The number of anilines is 2. The molecule has 2 aliphatic heterocycles. The number of fused-ring (bicyclic) bond motifs is 1. The van der Waals surface area contributed by atoms with Crippen LogP contribution in [0.2, 0.25) is 9.36 Å². The molecule has 29 heavy (non-hydrogen) atoms. The van der Waals surface area contributed by atoms with Gasteiger partial charge in [0.1, 0.15) is 15.0 Å². The molecule has 2 aliphatic rings. The molecule has 0 bridgehead atoms. The second-order valence-electron chi connectivity index (χ2n) is 7.77. The second-order valence-corrected chi connectivity index (χ2v) is 11.5. The fraction of sp³-hybridized carbons (Fsp3) is 0.500. The lowest BCUT2D eigenvalue weighted by Gasteiger charge is -2.32. The Balaban J connectivity index is 1.53. The van der Waals surface area contributed by atoms with Crippen molar-refractivity contribution in [1.29, 1.82) is 0 Å². The van der Waals surface area contributed by atoms with Crippen LogP contribution < -0.4 is 10.0 Å². The van der Waals surface area contributed by atoms with Crippen LogP contribution in [0, 0.1) is 11.7 Å². The number of rotatable bonds is 6. The van der Waals surface area contributed by atoms with Gasteiger partial charge >= 0.3 is 0 Å². The lowest BCUT2D eigenvalue weighted by atomic mass is 9.90. The summed E-state index contributed by atoms with van der Waals surface area (Å²) in [7, 11) is -4.18. The van der Waals surface area contributed by atoms with Gasteiger partial charge in [0.05, 0.1) is 16.9 Å². The van der Waals surface area contributed by atoms with Gasteiger partial charge in [-0.25, -0.2) is 17.8 Å². The van der Waals surface area contributed by atoms with Crippen LogP contribution in [0.15, 0.2) is 23.2 Å². The summed E-state index contributed by atoms with van der Waals surface area (Å²) < 4.78 is 42.3. The van der Waals surface area contributed by atoms with Crippen LogP contribution in [-0.4, -0.2) is 43.5 Å². The SMILES string of the molecule is C[C@@H]1CN2CCC[C@]2(CNc2cc(F)c(S(=O)(=O)Nc3ncc(Cl)s3)cc2Cl)C1. The number of hydrogen-bond acceptors (Lipinski definition) is 6. The van der Waals surface area contributed by atoms with Gasteiger partial charge in [-0.3, -0.25) is 9.62 Å². The molecule has 3 heterocycles. The Hall–Kier alpha value is -1.13. The van der Waals surface area contributed by atoms with Crippen LogP contribution in [0.5, 0.6) is 0 Å². The summed E-state index contributed by atoms with van der Waals surface area (Å²) >= 11 is 13.0. The van der Waals surface area contributed by atoms with Crippen LogP contribution >= 0.6 is 34.5 Å². The topological polar surface area (TPSA) is 74.3 Å². The Labute approximate surface area is 183 Å². The fourth-order valence-corrected chi connectivity index (χ4v) is 6.91. The molecule has 1 aromatic heterocycles. The molecular formula is C18H21Cl2FN4O2S2. The van der Waals surface area contributed by atoms with Gasteiger partial charge in [0.15, 0.2) is 5.13 Å². The Morgan fingerprint density at radius 3 is 2.93 bits per heavy atom. The van der Waals surface area contributed by atoms with Crippen molar-refractivity contribution in [2.45, 2.75) is 36.6 Å². The van der Waals surface area contributed by atoms with Crippen LogP contribution in [-0.2, 0) is 10.0 Å². The molecule has 2 atom stereocenters. The van der Waals surface area contributed by atoms with Gasteiger partial charge in [0.2, 0.25) is 0 Å². The molecule has 2 fully saturated rings. The van der Waals surface area contributed by atoms with Crippen LogP contribution in [0.3, 0.4) is 0 Å². The van der Waals surface area contributed by atoms with Crippen LogP contribution in [0.1, 0.15) is 26.2 Å². The molecule has 0 aliphatic carbocycles. The molecule has 2 saturated heterocycles. The highest BCUT2D eigenvalue weighted by atomic mass is 35.5. The minimum atomic E-state index is -4.18. The maximum Gasteiger partial charge on any atom is 0.266 e. The van der Waals surface area contributed by atoms with Crippen molar-refractivity contribution in [3.8, 4) is 0 Å². The number of nitrogens with zero attached hydrogens (tertiary/aromatic N) is 2. The van der Waals surface area contributed by atoms with E-state index in [2.05, 4.69) is 26.8 Å². The van der Waals surface area contributed by atoms with E-state index in [1.165, 1.54) is 6.20 Å². The fourth-order valence-electron chi connectivity index (χ4n) is 4.47. The summed E-state index contributed by atoms with van der Waals surface area (Å²) in [5.41, 5.74) is 0.455. The Morgan fingerprint density at radius 2 is 2.21 bits per heavy atom. The summed E-state index contributed by atoms with van der Waals surface area (Å²) in [6, 6.07) is 2.26. The van der Waals surface area contributed by atoms with Gasteiger partial charge in [-0.2, -0.15) is 0 Å². The minimum Gasteiger partial charge on any atom is -0.382 e. The first kappa shape index (κ1) is 21.1. The summed E-state index contributed by atoms with van der Waals surface area (Å²) in [5, 5.41) is 3.46. The van der Waals surface area contributed by atoms with E-state index in [-0.39, 0.29) is 15.7 Å². The van der Waals surface area contributed by atoms with Gasteiger partial charge in [-0.05, 0) is 43.9 Å². The first-order chi connectivity index (χ1) is 13.7. The predicted octanol–water partition coefficient (Wildman–Crippen LogP) is 4.68. The maximum atomic E-state index is 14.7. The van der Waals surface area contributed by atoms with Crippen molar-refractivity contribution in [2.75, 3.05) is 29.7 Å². The van der Waals surface area contributed by atoms with Gasteiger partial charge in [0.25, 0.3) is 10.0 Å². The predicted molar refractivity (Wildman–Crippen MR) is 115 cm³/mol. The van der Waals surface area contributed by atoms with E-state index in [1.807, 2.05) is 0 Å². The third-order valence-electron chi connectivity index (χ3n) is 5.62. The number of aromatic nitrogens is 1. The first-order valence-electron chi connectivity index (χ1n) is 9.31. The molecule has 0 unspecified atom stereocenters. The molecule has 6 nitrogen and oxygen atoms in total. The molecule has 2 N–H and O–H groups in total. The Morgan fingerprint density at radius 1 is 1.41 bits per heavy atom. The largest absolute Gasteiger partial charge is 0.382 e. The molecule has 0 saturated carbocycles. The van der Waals surface area contributed by atoms with Crippen molar-refractivity contribution in [3.05, 3.63) is 33.5 Å². The van der Waals surface area contributed by atoms with Crippen molar-refractivity contribution in [2.24, 2.45) is 5.92 Å². The second kappa shape index (κ2) is 7.85. The van der Waals surface area contributed by atoms with E-state index in [0.29, 0.717) is 22.5 Å². The third kappa shape index (κ3) is 4.20. The van der Waals surface area contributed by atoms with Crippen LogP contribution in [0.4, 0.5) is 15.2 Å². The van der Waals surface area contributed by atoms with Gasteiger partial charge in [0, 0.05) is 18.6 Å². The number of benzene rings is 1. The molecule has 0 amide bonds. The summed E-state index contributed by atoms with van der Waals surface area (Å²) in [4.78, 5) is 5.79. The molecule has 11 heteroatoms. The average molecular weight is 479 g/mol. The summed E-state index contributed by atoms with van der Waals surface area (Å²) in [6.45, 7) is 5.05. The molecule has 158 valence electrons. The van der Waals surface area contributed by atoms with Crippen molar-refractivity contribution in [3.63, 3.8) is 0 Å². The van der Waals surface area contributed by atoms with E-state index in [9.17, 15) is 12.8 Å². The van der Waals surface area contributed by atoms with Crippen molar-refractivity contribution in [1.82, 2.24) is 9.88 Å². The Kier molecular flexibility index (Phi) is 5.71. The van der Waals surface area contributed by atoms with E-state index >= 15 is 0 Å². The van der Waals surface area contributed by atoms with Crippen molar-refractivity contribution < 1.29 is 12.8 Å². The van der Waals surface area contributed by atoms with E-state index in [1.54, 1.807) is 0 Å². The third-order valence-corrected chi connectivity index (χ3v) is 8.45. The Bertz CT molecular complexity index is 1030. The quantitative estimate of drug-likeness (QED) is 0.630. The summed E-state index contributed by atoms with van der Waals surface area (Å²) in [5.74, 6) is -0.255. The highest BCUT2D eigenvalue weighted by Crippen LogP contribution is 2.42. The van der Waals surface area contributed by atoms with E-state index < -0.39 is 20.7 Å². The minimum absolute atomic E-state index is 0.0588. The zero-order chi connectivity index (χ0) is 20.8.